The van der Waals surface area contributed by atoms with E-state index in [1.54, 1.807) is 57.7 Å². The average molecular weight is 1210 g/mol. The molecular formula is C72H71N15O4. The van der Waals surface area contributed by atoms with Crippen LogP contribution in [0.25, 0.3) is 58.9 Å². The highest BCUT2D eigenvalue weighted by Gasteiger charge is 2.33. The summed E-state index contributed by atoms with van der Waals surface area (Å²) < 4.78 is 22.2. The molecule has 3 aliphatic carbocycles. The second-order valence-corrected chi connectivity index (χ2v) is 22.8. The Morgan fingerprint density at radius 1 is 0.659 bits per heavy atom. The quantitative estimate of drug-likeness (QED) is 0.0249. The summed E-state index contributed by atoms with van der Waals surface area (Å²) in [6, 6.07) is 45.5. The predicted octanol–water partition coefficient (Wildman–Crippen LogP) is 15.5. The molecule has 0 unspecified atom stereocenters. The third-order valence-corrected chi connectivity index (χ3v) is 15.5. The fraction of sp³-hybridized carbons (Fsp3) is 0.278. The van der Waals surface area contributed by atoms with Crippen LogP contribution < -0.4 is 19.9 Å². The molecule has 9 aromatic rings. The zero-order valence-electron chi connectivity index (χ0n) is 52.1. The molecule has 3 aliphatic rings. The van der Waals surface area contributed by atoms with Crippen molar-refractivity contribution in [2.24, 2.45) is 27.7 Å². The van der Waals surface area contributed by atoms with Crippen molar-refractivity contribution in [1.82, 2.24) is 34.6 Å². The average Bonchev–Trinajstić information content (AvgIpc) is 1.63. The van der Waals surface area contributed by atoms with Gasteiger partial charge in [0.1, 0.15) is 34.3 Å². The first kappa shape index (κ1) is 64.3. The number of para-hydroxylation sites is 6. The van der Waals surface area contributed by atoms with Gasteiger partial charge in [0, 0.05) is 66.1 Å². The van der Waals surface area contributed by atoms with Gasteiger partial charge in [0.2, 0.25) is 0 Å². The Hall–Kier alpha value is -11.2. The number of azide groups is 1. The maximum atomic E-state index is 10.0. The Morgan fingerprint density at radius 3 is 1.66 bits per heavy atom. The number of rotatable bonds is 15. The summed E-state index contributed by atoms with van der Waals surface area (Å²) in [6.45, 7) is 30.1. The molecule has 3 N–H and O–H groups in total. The molecule has 0 saturated heterocycles. The van der Waals surface area contributed by atoms with Gasteiger partial charge >= 0.3 is 0 Å². The topological polar surface area (TPSA) is 214 Å². The van der Waals surface area contributed by atoms with E-state index in [1.807, 2.05) is 129 Å². The summed E-state index contributed by atoms with van der Waals surface area (Å²) in [6.07, 6.45) is 12.2. The highest BCUT2D eigenvalue weighted by Crippen LogP contribution is 2.41. The van der Waals surface area contributed by atoms with E-state index in [0.29, 0.717) is 73.2 Å². The van der Waals surface area contributed by atoms with E-state index in [4.69, 9.17) is 66.8 Å². The van der Waals surface area contributed by atoms with Crippen molar-refractivity contribution in [2.45, 2.75) is 97.2 Å². The van der Waals surface area contributed by atoms with Gasteiger partial charge in [0.25, 0.3) is 0 Å². The number of aliphatic imine (C=N–C) groups is 1. The van der Waals surface area contributed by atoms with Gasteiger partial charge in [-0.15, -0.1) is 17.4 Å². The fourth-order valence-electron chi connectivity index (χ4n) is 11.2. The van der Waals surface area contributed by atoms with Crippen LogP contribution in [-0.2, 0) is 32.1 Å². The van der Waals surface area contributed by atoms with Gasteiger partial charge in [-0.1, -0.05) is 147 Å². The number of hydrogen-bond donors (Lipinski definition) is 2. The van der Waals surface area contributed by atoms with Gasteiger partial charge < -0.3 is 25.1 Å². The largest absolute Gasteiger partial charge is 0.494 e. The molecule has 0 fully saturated rings. The molecular weight excluding hydrogens is 1140 g/mol. The zero-order chi connectivity index (χ0) is 64.6. The molecule has 12 rings (SSSR count). The van der Waals surface area contributed by atoms with Gasteiger partial charge in [0.05, 0.1) is 87.4 Å². The van der Waals surface area contributed by atoms with E-state index in [9.17, 15) is 5.11 Å². The molecule has 19 nitrogen and oxygen atoms in total. The standard InChI is InChI=1S/C26H28N6O.C20H16N6O.C20H17N3O2.C6H10/c1-17(2)13-20-16-32(31-30-20)21-14-22(23(27)15-21)26(18-9-11-19(28-3)12-10-18)29-24-7-5-6-8-25(24)33-4;1-22-14-9-7-13(8-10-14)20-16-11-15(23-25-21)12-17(16)24-26(20)18-5-3-4-6-19(18)27-2;1-21-14-9-7-13(8-10-14)20-16-11-15(24)12-17(16)22-23(20)18-5-3-4-6-19(18)25-2;1-4-5-6(2)3/h5-12,16-17,21H,13-15,27H2,1-2,4H3;3-10,15H,11-12H2,2H3;3-10,15,24H,11-12H2,2H3;1,6H,5H2,2-3H3/t21-;2*15-;/m000./s1. The molecule has 19 heteroatoms. The minimum Gasteiger partial charge on any atom is -0.494 e. The molecule has 0 amide bonds. The molecule has 0 radical (unpaired) electrons. The summed E-state index contributed by atoms with van der Waals surface area (Å²) in [4.78, 5) is 18.4. The Kier molecular flexibility index (Phi) is 21.3. The van der Waals surface area contributed by atoms with Gasteiger partial charge in [-0.2, -0.15) is 10.2 Å². The fourth-order valence-corrected chi connectivity index (χ4v) is 11.2. The smallest absolute Gasteiger partial charge is 0.187 e. The van der Waals surface area contributed by atoms with Crippen LogP contribution >= 0.6 is 0 Å². The summed E-state index contributed by atoms with van der Waals surface area (Å²) >= 11 is 0. The molecule has 0 spiro atoms. The van der Waals surface area contributed by atoms with Crippen molar-refractivity contribution < 1.29 is 19.3 Å². The van der Waals surface area contributed by atoms with Crippen LogP contribution in [-0.4, -0.2) is 78.8 Å². The van der Waals surface area contributed by atoms with E-state index in [-0.39, 0.29) is 18.2 Å². The minimum absolute atomic E-state index is 0.0961. The first-order valence-corrected chi connectivity index (χ1v) is 29.9. The minimum atomic E-state index is -0.383. The van der Waals surface area contributed by atoms with E-state index < -0.39 is 0 Å². The Balaban J connectivity index is 0.000000156. The number of benzene rings is 6. The number of methoxy groups -OCH3 is 3. The molecule has 0 bridgehead atoms. The molecule has 3 aromatic heterocycles. The van der Waals surface area contributed by atoms with Crippen LogP contribution in [0.3, 0.4) is 0 Å². The third-order valence-electron chi connectivity index (χ3n) is 15.5. The maximum absolute atomic E-state index is 10.0. The van der Waals surface area contributed by atoms with Crippen LogP contribution in [0.5, 0.6) is 17.2 Å². The van der Waals surface area contributed by atoms with Gasteiger partial charge in [-0.25, -0.2) is 33.6 Å². The number of fused-ring (bicyclic) bond motifs is 2. The molecule has 6 aromatic carbocycles. The lowest BCUT2D eigenvalue weighted by Crippen LogP contribution is -2.10. The third kappa shape index (κ3) is 15.2. The summed E-state index contributed by atoms with van der Waals surface area (Å²) in [5, 5.41) is 32.2. The summed E-state index contributed by atoms with van der Waals surface area (Å²) in [7, 11) is 4.92. The van der Waals surface area contributed by atoms with Crippen LogP contribution in [0.15, 0.2) is 173 Å². The van der Waals surface area contributed by atoms with Gasteiger partial charge in [-0.05, 0) is 95.3 Å². The van der Waals surface area contributed by atoms with E-state index in [2.05, 4.69) is 68.5 Å². The van der Waals surface area contributed by atoms with Crippen molar-refractivity contribution in [3.8, 4) is 63.5 Å². The molecule has 458 valence electrons. The predicted molar refractivity (Wildman–Crippen MR) is 356 cm³/mol. The number of nitrogens with zero attached hydrogens (tertiary/aromatic N) is 14. The highest BCUT2D eigenvalue weighted by molar-refractivity contribution is 6.14. The normalized spacial score (nSPS) is 15.2. The van der Waals surface area contributed by atoms with Crippen LogP contribution in [0, 0.1) is 43.9 Å². The first-order valence-electron chi connectivity index (χ1n) is 29.9. The molecule has 91 heavy (non-hydrogen) atoms. The summed E-state index contributed by atoms with van der Waals surface area (Å²) in [5.41, 5.74) is 31.9. The Morgan fingerprint density at radius 2 is 1.16 bits per heavy atom. The number of hydrogen-bond acceptors (Lipinski definition) is 11. The van der Waals surface area contributed by atoms with Crippen LogP contribution in [0.1, 0.15) is 86.8 Å². The van der Waals surface area contributed by atoms with E-state index >= 15 is 0 Å². The second-order valence-electron chi connectivity index (χ2n) is 22.8. The highest BCUT2D eigenvalue weighted by atomic mass is 16.5. The van der Waals surface area contributed by atoms with Crippen LogP contribution in [0.2, 0.25) is 0 Å². The number of allylic oxidation sites excluding steroid dienone is 2. The van der Waals surface area contributed by atoms with Crippen molar-refractivity contribution >= 4 is 28.5 Å². The number of ether oxygens (including phenoxy) is 3. The van der Waals surface area contributed by atoms with E-state index in [0.717, 1.165) is 115 Å². The van der Waals surface area contributed by atoms with Crippen molar-refractivity contribution in [2.75, 3.05) is 21.3 Å². The Labute approximate surface area is 531 Å². The first-order chi connectivity index (χ1) is 44.2. The monoisotopic (exact) mass is 1210 g/mol. The molecule has 0 aliphatic heterocycles. The van der Waals surface area contributed by atoms with Gasteiger partial charge in [0.15, 0.2) is 17.1 Å². The van der Waals surface area contributed by atoms with Crippen molar-refractivity contribution in [1.29, 1.82) is 0 Å². The second kappa shape index (κ2) is 30.1. The van der Waals surface area contributed by atoms with Gasteiger partial charge in [-0.3, -0.25) is 0 Å². The molecule has 3 heterocycles. The SMILES string of the molecule is C#CCC(C)C.[C-]#[N+]c1ccc(-c2c3c(nn2-c2ccccc2OC)C[C@@H](N=[N+]=[N-])C3)cc1.[C-]#[N+]c1ccc(-c2c3c(nn2-c2ccccc2OC)C[C@@H](O)C3)cc1.[C-]#[N+]c1ccc(C(=Nc2ccccc2OC)C2=C(N)C[C@@H](n3cc(CC(C)C)nn3)C2)cc1. The lowest BCUT2D eigenvalue weighted by Gasteiger charge is -2.14. The number of nitrogens with two attached hydrogens (primary N) is 1. The number of aromatic nitrogens is 7. The lowest BCUT2D eigenvalue weighted by molar-refractivity contribution is 0.185. The van der Waals surface area contributed by atoms with E-state index in [1.165, 1.54) is 0 Å². The summed E-state index contributed by atoms with van der Waals surface area (Å²) in [5.74, 6) is 5.91. The van der Waals surface area contributed by atoms with Crippen molar-refractivity contribution in [3.63, 3.8) is 0 Å². The Bertz CT molecular complexity index is 4310. The van der Waals surface area contributed by atoms with Crippen molar-refractivity contribution in [3.05, 3.63) is 242 Å². The zero-order valence-corrected chi connectivity index (χ0v) is 52.1. The lowest BCUT2D eigenvalue weighted by atomic mass is 9.99. The molecule has 0 saturated carbocycles. The van der Waals surface area contributed by atoms with Crippen LogP contribution in [0.4, 0.5) is 22.7 Å². The number of aliphatic hydroxyl groups is 1. The molecule has 3 atom stereocenters. The number of terminal acetylenes is 1. The number of aliphatic hydroxyl groups excluding tert-OH is 1. The maximum Gasteiger partial charge on any atom is 0.187 e.